The van der Waals surface area contributed by atoms with Crippen molar-refractivity contribution in [1.29, 1.82) is 0 Å². The first-order chi connectivity index (χ1) is 6.23. The van der Waals surface area contributed by atoms with Gasteiger partial charge in [0.2, 0.25) is 0 Å². The van der Waals surface area contributed by atoms with Crippen molar-refractivity contribution in [3.8, 4) is 0 Å². The summed E-state index contributed by atoms with van der Waals surface area (Å²) in [6.07, 6.45) is 1.99. The van der Waals surface area contributed by atoms with Crippen LogP contribution in [0.25, 0.3) is 0 Å². The summed E-state index contributed by atoms with van der Waals surface area (Å²) in [6.45, 7) is 6.10. The van der Waals surface area contributed by atoms with E-state index in [4.69, 9.17) is 11.6 Å². The molecule has 0 amide bonds. The second-order valence-corrected chi connectivity index (χ2v) is 8.73. The van der Waals surface area contributed by atoms with E-state index in [1.165, 1.54) is 5.19 Å². The van der Waals surface area contributed by atoms with Gasteiger partial charge < -0.3 is 0 Å². The lowest BCUT2D eigenvalue weighted by atomic mass is 10.4. The van der Waals surface area contributed by atoms with Gasteiger partial charge in [0.25, 0.3) is 0 Å². The molecule has 1 aromatic rings. The van der Waals surface area contributed by atoms with Crippen LogP contribution in [0.2, 0.25) is 12.6 Å². The maximum Gasteiger partial charge on any atom is 0.102 e. The summed E-state index contributed by atoms with van der Waals surface area (Å²) >= 11 is 6.04. The highest BCUT2D eigenvalue weighted by Crippen LogP contribution is 2.12. The molecular weight excluding hydrogens is 196 g/mol. The first-order valence-electron chi connectivity index (χ1n) is 4.45. The van der Waals surface area contributed by atoms with E-state index in [2.05, 4.69) is 37.4 Å². The first kappa shape index (κ1) is 10.5. The summed E-state index contributed by atoms with van der Waals surface area (Å²) in [4.78, 5) is 0. The van der Waals surface area contributed by atoms with E-state index >= 15 is 0 Å². The van der Waals surface area contributed by atoms with Gasteiger partial charge >= 0.3 is 0 Å². The number of hydrogen-bond donors (Lipinski definition) is 0. The van der Waals surface area contributed by atoms with Crippen molar-refractivity contribution in [2.45, 2.75) is 12.6 Å². The van der Waals surface area contributed by atoms with Gasteiger partial charge in [-0.2, -0.15) is 0 Å². The summed E-state index contributed by atoms with van der Waals surface area (Å²) in [7, 11) is -1.45. The molecular formula is C11H15ClSi. The van der Waals surface area contributed by atoms with Crippen molar-refractivity contribution in [3.63, 3.8) is 0 Å². The van der Waals surface area contributed by atoms with Gasteiger partial charge in [0.05, 0.1) is 0 Å². The lowest BCUT2D eigenvalue weighted by molar-refractivity contribution is 1.52. The number of benzene rings is 1. The molecule has 0 radical (unpaired) electrons. The van der Waals surface area contributed by atoms with E-state index < -0.39 is 8.07 Å². The van der Waals surface area contributed by atoms with Gasteiger partial charge in [0.1, 0.15) is 8.07 Å². The molecule has 0 aliphatic carbocycles. The SMILES string of the molecule is C=CC[Si](C)(CCl)c1ccccc1. The molecule has 13 heavy (non-hydrogen) atoms. The minimum Gasteiger partial charge on any atom is -0.130 e. The van der Waals surface area contributed by atoms with Crippen LogP contribution in [0, 0.1) is 0 Å². The Morgan fingerprint density at radius 1 is 1.38 bits per heavy atom. The largest absolute Gasteiger partial charge is 0.130 e. The molecule has 0 fully saturated rings. The van der Waals surface area contributed by atoms with Gasteiger partial charge in [-0.1, -0.05) is 48.1 Å². The van der Waals surface area contributed by atoms with E-state index in [0.717, 1.165) is 11.5 Å². The van der Waals surface area contributed by atoms with E-state index in [9.17, 15) is 0 Å². The van der Waals surface area contributed by atoms with E-state index in [1.807, 2.05) is 12.1 Å². The van der Waals surface area contributed by atoms with E-state index in [-0.39, 0.29) is 0 Å². The molecule has 1 rings (SSSR count). The van der Waals surface area contributed by atoms with E-state index in [0.29, 0.717) is 0 Å². The molecule has 0 nitrogen and oxygen atoms in total. The Balaban J connectivity index is 2.95. The molecule has 0 spiro atoms. The summed E-state index contributed by atoms with van der Waals surface area (Å²) in [6, 6.07) is 11.6. The standard InChI is InChI=1S/C11H15ClSi/c1-3-9-13(2,10-12)11-7-5-4-6-8-11/h3-8H,1,9-10H2,2H3. The zero-order valence-corrected chi connectivity index (χ0v) is 9.72. The Kier molecular flexibility index (Phi) is 3.76. The quantitative estimate of drug-likeness (QED) is 0.407. The first-order valence-corrected chi connectivity index (χ1v) is 7.90. The molecule has 0 bridgehead atoms. The Hall–Kier alpha value is -0.533. The summed E-state index contributed by atoms with van der Waals surface area (Å²) in [5.41, 5.74) is 0.767. The van der Waals surface area contributed by atoms with Crippen LogP contribution < -0.4 is 5.19 Å². The van der Waals surface area contributed by atoms with Crippen molar-refractivity contribution in [2.24, 2.45) is 0 Å². The smallest absolute Gasteiger partial charge is 0.102 e. The lowest BCUT2D eigenvalue weighted by Crippen LogP contribution is -2.46. The molecule has 0 aliphatic heterocycles. The summed E-state index contributed by atoms with van der Waals surface area (Å²) < 4.78 is 0. The summed E-state index contributed by atoms with van der Waals surface area (Å²) in [5, 5.41) is 1.42. The molecule has 0 saturated heterocycles. The average Bonchev–Trinajstić information content (AvgIpc) is 2.19. The number of halogens is 1. The minimum absolute atomic E-state index is 0.767. The van der Waals surface area contributed by atoms with Crippen LogP contribution in [0.4, 0.5) is 0 Å². The summed E-state index contributed by atoms with van der Waals surface area (Å²) in [5.74, 6) is 0. The lowest BCUT2D eigenvalue weighted by Gasteiger charge is -2.23. The van der Waals surface area contributed by atoms with E-state index in [1.54, 1.807) is 0 Å². The Bertz CT molecular complexity index is 271. The average molecular weight is 211 g/mol. The van der Waals surface area contributed by atoms with Gasteiger partial charge in [-0.25, -0.2) is 0 Å². The van der Waals surface area contributed by atoms with Crippen LogP contribution in [-0.2, 0) is 0 Å². The van der Waals surface area contributed by atoms with Crippen molar-refractivity contribution in [2.75, 3.05) is 5.50 Å². The number of allylic oxidation sites excluding steroid dienone is 1. The molecule has 0 saturated carbocycles. The van der Waals surface area contributed by atoms with Gasteiger partial charge in [-0.15, -0.1) is 18.2 Å². The third-order valence-electron chi connectivity index (χ3n) is 2.36. The van der Waals surface area contributed by atoms with Crippen LogP contribution in [-0.4, -0.2) is 13.6 Å². The molecule has 1 unspecified atom stereocenters. The second kappa shape index (κ2) is 4.63. The zero-order valence-electron chi connectivity index (χ0n) is 7.96. The van der Waals surface area contributed by atoms with Gasteiger partial charge in [-0.3, -0.25) is 0 Å². The third kappa shape index (κ3) is 2.45. The van der Waals surface area contributed by atoms with Crippen molar-refractivity contribution in [1.82, 2.24) is 0 Å². The van der Waals surface area contributed by atoms with Crippen LogP contribution >= 0.6 is 11.6 Å². The minimum atomic E-state index is -1.45. The highest BCUT2D eigenvalue weighted by molar-refractivity contribution is 6.95. The van der Waals surface area contributed by atoms with Crippen LogP contribution in [0.3, 0.4) is 0 Å². The second-order valence-electron chi connectivity index (χ2n) is 3.55. The Morgan fingerprint density at radius 2 is 2.00 bits per heavy atom. The Morgan fingerprint density at radius 3 is 2.46 bits per heavy atom. The predicted molar refractivity (Wildman–Crippen MR) is 63.4 cm³/mol. The fourth-order valence-electron chi connectivity index (χ4n) is 1.41. The van der Waals surface area contributed by atoms with Crippen molar-refractivity contribution >= 4 is 24.9 Å². The molecule has 1 aromatic carbocycles. The van der Waals surface area contributed by atoms with Crippen LogP contribution in [0.5, 0.6) is 0 Å². The normalized spacial score (nSPS) is 14.9. The topological polar surface area (TPSA) is 0 Å². The third-order valence-corrected chi connectivity index (χ3v) is 7.64. The van der Waals surface area contributed by atoms with Crippen molar-refractivity contribution < 1.29 is 0 Å². The van der Waals surface area contributed by atoms with Gasteiger partial charge in [0, 0.05) is 5.50 Å². The highest BCUT2D eigenvalue weighted by Gasteiger charge is 2.26. The number of hydrogen-bond acceptors (Lipinski definition) is 0. The van der Waals surface area contributed by atoms with Gasteiger partial charge in [0.15, 0.2) is 0 Å². The fraction of sp³-hybridized carbons (Fsp3) is 0.273. The van der Waals surface area contributed by atoms with Crippen LogP contribution in [0.15, 0.2) is 43.0 Å². The monoisotopic (exact) mass is 210 g/mol. The van der Waals surface area contributed by atoms with Gasteiger partial charge in [-0.05, 0) is 6.04 Å². The maximum atomic E-state index is 6.04. The molecule has 0 N–H and O–H groups in total. The Labute approximate surface area is 86.3 Å². The van der Waals surface area contributed by atoms with Crippen LogP contribution in [0.1, 0.15) is 0 Å². The van der Waals surface area contributed by atoms with Crippen molar-refractivity contribution in [3.05, 3.63) is 43.0 Å². The number of alkyl halides is 1. The maximum absolute atomic E-state index is 6.04. The fourth-order valence-corrected chi connectivity index (χ4v) is 4.33. The molecule has 0 aromatic heterocycles. The molecule has 1 atom stereocenters. The number of rotatable bonds is 4. The predicted octanol–water partition coefficient (Wildman–Crippen LogP) is 2.94. The molecule has 70 valence electrons. The molecule has 0 aliphatic rings. The highest BCUT2D eigenvalue weighted by atomic mass is 35.5. The molecule has 2 heteroatoms. The molecule has 0 heterocycles. The zero-order chi connectivity index (χ0) is 9.73.